The van der Waals surface area contributed by atoms with E-state index in [1.807, 2.05) is 0 Å². The van der Waals surface area contributed by atoms with Crippen LogP contribution in [0.3, 0.4) is 0 Å². The maximum absolute atomic E-state index is 13.7. The van der Waals surface area contributed by atoms with Crippen LogP contribution in [0.1, 0.15) is 54.0 Å². The Morgan fingerprint density at radius 3 is 1.84 bits per heavy atom. The van der Waals surface area contributed by atoms with Crippen molar-refractivity contribution in [3.63, 3.8) is 0 Å². The summed E-state index contributed by atoms with van der Waals surface area (Å²) in [6, 6.07) is 6.00. The monoisotopic (exact) mass is 696 g/mol. The quantitative estimate of drug-likeness (QED) is 0.194. The van der Waals surface area contributed by atoms with Gasteiger partial charge in [0.15, 0.2) is 24.6 Å². The van der Waals surface area contributed by atoms with E-state index < -0.39 is 103 Å². The van der Waals surface area contributed by atoms with Gasteiger partial charge < -0.3 is 48.5 Å². The minimum atomic E-state index is -1.67. The number of amides is 2. The molecule has 0 spiro atoms. The maximum Gasteiger partial charge on any atom is 0.408 e. The molecule has 1 heterocycles. The summed E-state index contributed by atoms with van der Waals surface area (Å²) >= 11 is 0. The zero-order valence-electron chi connectivity index (χ0n) is 28.6. The van der Waals surface area contributed by atoms with Gasteiger partial charge >= 0.3 is 35.9 Å². The summed E-state index contributed by atoms with van der Waals surface area (Å²) in [4.78, 5) is 87.2. The summed E-state index contributed by atoms with van der Waals surface area (Å²) in [7, 11) is 1.15. The Balaban J connectivity index is 2.49. The van der Waals surface area contributed by atoms with Gasteiger partial charge in [0.1, 0.15) is 31.4 Å². The van der Waals surface area contributed by atoms with E-state index in [1.54, 1.807) is 44.2 Å². The van der Waals surface area contributed by atoms with Crippen molar-refractivity contribution in [2.24, 2.45) is 5.92 Å². The molecule has 2 rings (SSSR count). The van der Waals surface area contributed by atoms with Gasteiger partial charge in [0.25, 0.3) is 0 Å². The van der Waals surface area contributed by atoms with E-state index in [9.17, 15) is 33.6 Å². The second-order valence-corrected chi connectivity index (χ2v) is 11.3. The standard InChI is InChI=1S/C32H44N2O15/c1-16(2)24(30(40)42-8)33-29(39)25(34-32(41)44-14-22-12-10-9-11-13-22)17(3)45-31-28(48-21(7)38)27(47-20(6)37)26(46-19(5)36)23(49-31)15-43-18(4)35/h9-13,16-17,23-28,31H,14-15H2,1-8H3,(H,33,39)(H,34,41)/t17-,23-,24+,25+,26-,27+,28+,31+/m1/s1. The molecule has 2 N–H and O–H groups in total. The number of hydrogen-bond acceptors (Lipinski definition) is 15. The molecular weight excluding hydrogens is 652 g/mol. The van der Waals surface area contributed by atoms with Crippen LogP contribution in [0, 0.1) is 5.92 Å². The molecule has 1 aliphatic heterocycles. The largest absolute Gasteiger partial charge is 0.467 e. The number of nitrogens with one attached hydrogen (secondary N) is 2. The zero-order valence-corrected chi connectivity index (χ0v) is 28.6. The van der Waals surface area contributed by atoms with Crippen molar-refractivity contribution in [2.45, 2.75) is 104 Å². The Labute approximate surface area is 283 Å². The SMILES string of the molecule is COC(=O)[C@@H](NC(=O)[C@@H](NC(=O)OCc1ccccc1)[C@@H](C)O[C@H]1O[C@H](COC(C)=O)[C@@H](OC(C)=O)[C@H](OC(C)=O)[C@@H]1OC(C)=O)C(C)C. The van der Waals surface area contributed by atoms with Crippen LogP contribution in [0.15, 0.2) is 30.3 Å². The molecule has 1 saturated heterocycles. The number of ether oxygens (including phenoxy) is 8. The summed E-state index contributed by atoms with van der Waals surface area (Å²) in [6.07, 6.45) is -9.98. The lowest BCUT2D eigenvalue weighted by molar-refractivity contribution is -0.316. The summed E-state index contributed by atoms with van der Waals surface area (Å²) in [5.74, 6) is -5.35. The van der Waals surface area contributed by atoms with Crippen LogP contribution < -0.4 is 10.6 Å². The van der Waals surface area contributed by atoms with Crippen molar-refractivity contribution in [1.82, 2.24) is 10.6 Å². The Morgan fingerprint density at radius 1 is 0.735 bits per heavy atom. The molecule has 2 amide bonds. The third kappa shape index (κ3) is 13.0. The number of hydrogen-bond donors (Lipinski definition) is 2. The van der Waals surface area contributed by atoms with Crippen molar-refractivity contribution < 1.29 is 71.5 Å². The number of alkyl carbamates (subject to hydrolysis) is 1. The van der Waals surface area contributed by atoms with Crippen molar-refractivity contribution in [2.75, 3.05) is 13.7 Å². The first-order chi connectivity index (χ1) is 23.0. The lowest BCUT2D eigenvalue weighted by atomic mass is 9.97. The molecule has 0 aromatic heterocycles. The first-order valence-corrected chi connectivity index (χ1v) is 15.3. The number of rotatable bonds is 15. The molecule has 1 aromatic carbocycles. The molecule has 1 aromatic rings. The molecule has 17 nitrogen and oxygen atoms in total. The molecule has 8 atom stereocenters. The van der Waals surface area contributed by atoms with Crippen LogP contribution in [0.4, 0.5) is 4.79 Å². The van der Waals surface area contributed by atoms with Gasteiger partial charge in [-0.25, -0.2) is 9.59 Å². The number of carbonyl (C=O) groups excluding carboxylic acids is 7. The van der Waals surface area contributed by atoms with Crippen LogP contribution in [0.2, 0.25) is 0 Å². The Bertz CT molecular complexity index is 1320. The highest BCUT2D eigenvalue weighted by molar-refractivity contribution is 5.90. The molecule has 1 fully saturated rings. The third-order valence-electron chi connectivity index (χ3n) is 6.95. The molecule has 0 aliphatic carbocycles. The molecule has 0 radical (unpaired) electrons. The fourth-order valence-electron chi connectivity index (χ4n) is 4.74. The van der Waals surface area contributed by atoms with Crippen LogP contribution in [0.25, 0.3) is 0 Å². The number of carbonyl (C=O) groups is 7. The zero-order chi connectivity index (χ0) is 36.8. The number of benzene rings is 1. The van der Waals surface area contributed by atoms with Gasteiger partial charge in [0.2, 0.25) is 5.91 Å². The van der Waals surface area contributed by atoms with E-state index in [2.05, 4.69) is 10.6 Å². The normalized spacial score (nSPS) is 21.9. The molecule has 272 valence electrons. The smallest absolute Gasteiger partial charge is 0.408 e. The Hall–Kier alpha value is -4.77. The molecular formula is C32H44N2O15. The molecule has 0 bridgehead atoms. The van der Waals surface area contributed by atoms with Crippen molar-refractivity contribution in [1.29, 1.82) is 0 Å². The van der Waals surface area contributed by atoms with E-state index in [4.69, 9.17) is 37.9 Å². The molecule has 1 aliphatic rings. The Kier molecular flexibility index (Phi) is 15.9. The van der Waals surface area contributed by atoms with Crippen LogP contribution in [-0.4, -0.2) is 104 Å². The summed E-state index contributed by atoms with van der Waals surface area (Å²) in [5, 5.41) is 4.96. The van der Waals surface area contributed by atoms with Crippen LogP contribution in [0.5, 0.6) is 0 Å². The van der Waals surface area contributed by atoms with Crippen LogP contribution >= 0.6 is 0 Å². The number of methoxy groups -OCH3 is 1. The van der Waals surface area contributed by atoms with Crippen molar-refractivity contribution in [3.8, 4) is 0 Å². The van der Waals surface area contributed by atoms with Gasteiger partial charge in [-0.3, -0.25) is 24.0 Å². The minimum Gasteiger partial charge on any atom is -0.467 e. The van der Waals surface area contributed by atoms with Gasteiger partial charge in [0, 0.05) is 27.7 Å². The van der Waals surface area contributed by atoms with Crippen LogP contribution in [-0.2, 0) is 73.3 Å². The highest BCUT2D eigenvalue weighted by Gasteiger charge is 2.53. The lowest BCUT2D eigenvalue weighted by Crippen LogP contribution is -2.64. The summed E-state index contributed by atoms with van der Waals surface area (Å²) < 4.78 is 43.4. The summed E-state index contributed by atoms with van der Waals surface area (Å²) in [5.41, 5.74) is 0.658. The van der Waals surface area contributed by atoms with Crippen molar-refractivity contribution >= 4 is 41.8 Å². The lowest BCUT2D eigenvalue weighted by Gasteiger charge is -2.45. The minimum absolute atomic E-state index is 0.146. The van der Waals surface area contributed by atoms with Crippen molar-refractivity contribution in [3.05, 3.63) is 35.9 Å². The fraction of sp³-hybridized carbons (Fsp3) is 0.594. The number of esters is 5. The highest BCUT2D eigenvalue weighted by Crippen LogP contribution is 2.31. The Morgan fingerprint density at radius 2 is 1.31 bits per heavy atom. The van der Waals surface area contributed by atoms with E-state index in [1.165, 1.54) is 6.92 Å². The molecule has 17 heteroatoms. The fourth-order valence-corrected chi connectivity index (χ4v) is 4.74. The molecule has 49 heavy (non-hydrogen) atoms. The maximum atomic E-state index is 13.7. The molecule has 0 unspecified atom stereocenters. The van der Waals surface area contributed by atoms with E-state index in [-0.39, 0.29) is 6.61 Å². The van der Waals surface area contributed by atoms with Gasteiger partial charge in [-0.1, -0.05) is 44.2 Å². The van der Waals surface area contributed by atoms with Gasteiger partial charge in [-0.2, -0.15) is 0 Å². The second-order valence-electron chi connectivity index (χ2n) is 11.3. The van der Waals surface area contributed by atoms with E-state index in [0.29, 0.717) is 5.56 Å². The van der Waals surface area contributed by atoms with Gasteiger partial charge in [0.05, 0.1) is 13.2 Å². The van der Waals surface area contributed by atoms with E-state index >= 15 is 0 Å². The van der Waals surface area contributed by atoms with Gasteiger partial charge in [-0.15, -0.1) is 0 Å². The predicted molar refractivity (Wildman–Crippen MR) is 165 cm³/mol. The average molecular weight is 697 g/mol. The average Bonchev–Trinajstić information content (AvgIpc) is 3.02. The molecule has 0 saturated carbocycles. The topological polar surface area (TPSA) is 217 Å². The first-order valence-electron chi connectivity index (χ1n) is 15.3. The summed E-state index contributed by atoms with van der Waals surface area (Å²) in [6.45, 7) is 8.32. The second kappa shape index (κ2) is 19.3. The first kappa shape index (κ1) is 40.4. The van der Waals surface area contributed by atoms with E-state index in [0.717, 1.165) is 34.8 Å². The predicted octanol–water partition coefficient (Wildman–Crippen LogP) is 1.08. The third-order valence-corrected chi connectivity index (χ3v) is 6.95. The highest BCUT2D eigenvalue weighted by atomic mass is 16.7. The van der Waals surface area contributed by atoms with Gasteiger partial charge in [-0.05, 0) is 18.4 Å².